The molecule has 0 aromatic rings. The SMILES string of the molecule is COCC(C)NC(=O)CN1CCC(C(C)N)CC1. The van der Waals surface area contributed by atoms with Crippen molar-refractivity contribution >= 4 is 5.91 Å². The summed E-state index contributed by atoms with van der Waals surface area (Å²) in [5.74, 6) is 0.690. The molecule has 3 N–H and O–H groups in total. The molecule has 1 heterocycles. The van der Waals surface area contributed by atoms with Crippen LogP contribution in [-0.4, -0.2) is 56.2 Å². The van der Waals surface area contributed by atoms with Gasteiger partial charge in [-0.15, -0.1) is 0 Å². The summed E-state index contributed by atoms with van der Waals surface area (Å²) < 4.78 is 4.99. The summed E-state index contributed by atoms with van der Waals surface area (Å²) in [6.45, 7) is 7.00. The second kappa shape index (κ2) is 7.71. The Labute approximate surface area is 110 Å². The highest BCUT2D eigenvalue weighted by atomic mass is 16.5. The largest absolute Gasteiger partial charge is 0.383 e. The van der Waals surface area contributed by atoms with Crippen LogP contribution < -0.4 is 11.1 Å². The van der Waals surface area contributed by atoms with Gasteiger partial charge in [-0.2, -0.15) is 0 Å². The van der Waals surface area contributed by atoms with E-state index in [9.17, 15) is 4.79 Å². The minimum atomic E-state index is 0.0732. The molecule has 0 aliphatic carbocycles. The number of nitrogens with one attached hydrogen (secondary N) is 1. The number of nitrogens with two attached hydrogens (primary N) is 1. The van der Waals surface area contributed by atoms with Gasteiger partial charge in [-0.3, -0.25) is 9.69 Å². The molecule has 0 aromatic carbocycles. The zero-order valence-corrected chi connectivity index (χ0v) is 11.8. The Morgan fingerprint density at radius 2 is 2.06 bits per heavy atom. The summed E-state index contributed by atoms with van der Waals surface area (Å²) in [6, 6.07) is 0.340. The molecule has 1 aliphatic heterocycles. The molecular weight excluding hydrogens is 230 g/mol. The normalized spacial score (nSPS) is 21.6. The number of hydrogen-bond acceptors (Lipinski definition) is 4. The van der Waals surface area contributed by atoms with E-state index in [-0.39, 0.29) is 18.0 Å². The van der Waals surface area contributed by atoms with Crippen molar-refractivity contribution in [2.45, 2.75) is 38.8 Å². The lowest BCUT2D eigenvalue weighted by Crippen LogP contribution is -2.46. The molecule has 0 spiro atoms. The van der Waals surface area contributed by atoms with E-state index in [2.05, 4.69) is 17.1 Å². The number of ether oxygens (including phenoxy) is 1. The van der Waals surface area contributed by atoms with Crippen molar-refractivity contribution in [3.05, 3.63) is 0 Å². The van der Waals surface area contributed by atoms with Gasteiger partial charge in [0.15, 0.2) is 0 Å². The average molecular weight is 257 g/mol. The number of nitrogens with zero attached hydrogens (tertiary/aromatic N) is 1. The van der Waals surface area contributed by atoms with E-state index in [0.29, 0.717) is 19.1 Å². The van der Waals surface area contributed by atoms with Crippen LogP contribution in [0.2, 0.25) is 0 Å². The standard InChI is InChI=1S/C13H27N3O2/c1-10(9-18-3)15-13(17)8-16-6-4-12(5-7-16)11(2)14/h10-12H,4-9,14H2,1-3H3,(H,15,17). The zero-order valence-electron chi connectivity index (χ0n) is 11.8. The first-order chi connectivity index (χ1) is 8.52. The van der Waals surface area contributed by atoms with Gasteiger partial charge in [0, 0.05) is 19.2 Å². The maximum absolute atomic E-state index is 11.8. The molecule has 5 heteroatoms. The van der Waals surface area contributed by atoms with Crippen LogP contribution in [0.1, 0.15) is 26.7 Å². The third kappa shape index (κ3) is 5.33. The minimum Gasteiger partial charge on any atom is -0.383 e. The molecule has 0 radical (unpaired) electrons. The number of amides is 1. The summed E-state index contributed by atoms with van der Waals surface area (Å²) in [5, 5.41) is 2.93. The number of rotatable bonds is 6. The number of likely N-dealkylation sites (tertiary alicyclic amines) is 1. The average Bonchev–Trinajstić information content (AvgIpc) is 2.29. The van der Waals surface area contributed by atoms with Gasteiger partial charge in [-0.05, 0) is 45.7 Å². The monoisotopic (exact) mass is 257 g/mol. The molecule has 0 saturated carbocycles. The van der Waals surface area contributed by atoms with Crippen LogP contribution >= 0.6 is 0 Å². The van der Waals surface area contributed by atoms with Gasteiger partial charge < -0.3 is 15.8 Å². The first kappa shape index (κ1) is 15.4. The molecule has 18 heavy (non-hydrogen) atoms. The van der Waals surface area contributed by atoms with Gasteiger partial charge in [0.1, 0.15) is 0 Å². The van der Waals surface area contributed by atoms with E-state index in [0.717, 1.165) is 25.9 Å². The van der Waals surface area contributed by atoms with Gasteiger partial charge in [-0.1, -0.05) is 0 Å². The minimum absolute atomic E-state index is 0.0732. The first-order valence-electron chi connectivity index (χ1n) is 6.79. The second-order valence-corrected chi connectivity index (χ2v) is 5.40. The lowest BCUT2D eigenvalue weighted by Gasteiger charge is -2.33. The molecule has 1 aliphatic rings. The number of hydrogen-bond donors (Lipinski definition) is 2. The summed E-state index contributed by atoms with van der Waals surface area (Å²) in [5.41, 5.74) is 5.90. The van der Waals surface area contributed by atoms with Crippen LogP contribution in [0.5, 0.6) is 0 Å². The van der Waals surface area contributed by atoms with Crippen LogP contribution in [-0.2, 0) is 9.53 Å². The van der Waals surface area contributed by atoms with Crippen LogP contribution in [0.15, 0.2) is 0 Å². The van der Waals surface area contributed by atoms with E-state index in [4.69, 9.17) is 10.5 Å². The predicted octanol–water partition coefficient (Wildman–Crippen LogP) is 0.197. The quantitative estimate of drug-likeness (QED) is 0.713. The van der Waals surface area contributed by atoms with Gasteiger partial charge >= 0.3 is 0 Å². The van der Waals surface area contributed by atoms with Crippen molar-refractivity contribution in [3.8, 4) is 0 Å². The third-order valence-corrected chi connectivity index (χ3v) is 3.57. The fraction of sp³-hybridized carbons (Fsp3) is 0.923. The van der Waals surface area contributed by atoms with E-state index in [1.54, 1.807) is 7.11 Å². The highest BCUT2D eigenvalue weighted by Crippen LogP contribution is 2.18. The zero-order chi connectivity index (χ0) is 13.5. The van der Waals surface area contributed by atoms with Gasteiger partial charge in [-0.25, -0.2) is 0 Å². The molecule has 1 rings (SSSR count). The van der Waals surface area contributed by atoms with Gasteiger partial charge in [0.2, 0.25) is 5.91 Å². The lowest BCUT2D eigenvalue weighted by molar-refractivity contribution is -0.123. The molecule has 2 unspecified atom stereocenters. The van der Waals surface area contributed by atoms with E-state index >= 15 is 0 Å². The van der Waals surface area contributed by atoms with Crippen molar-refractivity contribution in [3.63, 3.8) is 0 Å². The van der Waals surface area contributed by atoms with Gasteiger partial charge in [0.05, 0.1) is 13.2 Å². The number of methoxy groups -OCH3 is 1. The second-order valence-electron chi connectivity index (χ2n) is 5.40. The highest BCUT2D eigenvalue weighted by Gasteiger charge is 2.23. The number of carbonyl (C=O) groups excluding carboxylic acids is 1. The van der Waals surface area contributed by atoms with Crippen molar-refractivity contribution in [1.82, 2.24) is 10.2 Å². The Morgan fingerprint density at radius 3 is 2.56 bits per heavy atom. The first-order valence-corrected chi connectivity index (χ1v) is 6.79. The summed E-state index contributed by atoms with van der Waals surface area (Å²) >= 11 is 0. The molecule has 5 nitrogen and oxygen atoms in total. The molecule has 0 bridgehead atoms. The molecule has 2 atom stereocenters. The van der Waals surface area contributed by atoms with E-state index < -0.39 is 0 Å². The Morgan fingerprint density at radius 1 is 1.44 bits per heavy atom. The Kier molecular flexibility index (Phi) is 6.60. The third-order valence-electron chi connectivity index (χ3n) is 3.57. The van der Waals surface area contributed by atoms with Crippen LogP contribution in [0.3, 0.4) is 0 Å². The fourth-order valence-electron chi connectivity index (χ4n) is 2.45. The molecule has 1 saturated heterocycles. The smallest absolute Gasteiger partial charge is 0.234 e. The Bertz CT molecular complexity index is 251. The van der Waals surface area contributed by atoms with E-state index in [1.807, 2.05) is 6.92 Å². The molecule has 1 amide bonds. The van der Waals surface area contributed by atoms with Crippen molar-refractivity contribution in [1.29, 1.82) is 0 Å². The number of piperidine rings is 1. The molecule has 1 fully saturated rings. The molecular formula is C13H27N3O2. The van der Waals surface area contributed by atoms with Crippen molar-refractivity contribution in [2.75, 3.05) is 33.4 Å². The lowest BCUT2D eigenvalue weighted by atomic mass is 9.91. The van der Waals surface area contributed by atoms with Crippen LogP contribution in [0, 0.1) is 5.92 Å². The van der Waals surface area contributed by atoms with Crippen LogP contribution in [0.4, 0.5) is 0 Å². The van der Waals surface area contributed by atoms with E-state index in [1.165, 1.54) is 0 Å². The fourth-order valence-corrected chi connectivity index (χ4v) is 2.45. The topological polar surface area (TPSA) is 67.6 Å². The maximum Gasteiger partial charge on any atom is 0.234 e. The predicted molar refractivity (Wildman–Crippen MR) is 72.3 cm³/mol. The molecule has 106 valence electrons. The van der Waals surface area contributed by atoms with Crippen molar-refractivity contribution in [2.24, 2.45) is 11.7 Å². The Hall–Kier alpha value is -0.650. The number of carbonyl (C=O) groups is 1. The highest BCUT2D eigenvalue weighted by molar-refractivity contribution is 5.78. The summed E-state index contributed by atoms with van der Waals surface area (Å²) in [4.78, 5) is 14.0. The Balaban J connectivity index is 2.22. The molecule has 0 aromatic heterocycles. The maximum atomic E-state index is 11.8. The summed E-state index contributed by atoms with van der Waals surface area (Å²) in [7, 11) is 1.64. The van der Waals surface area contributed by atoms with Crippen LogP contribution in [0.25, 0.3) is 0 Å². The van der Waals surface area contributed by atoms with Gasteiger partial charge in [0.25, 0.3) is 0 Å². The summed E-state index contributed by atoms with van der Waals surface area (Å²) in [6.07, 6.45) is 2.19. The van der Waals surface area contributed by atoms with Crippen molar-refractivity contribution < 1.29 is 9.53 Å².